The van der Waals surface area contributed by atoms with Crippen LogP contribution in [-0.2, 0) is 12.8 Å². The van der Waals surface area contributed by atoms with E-state index in [2.05, 4.69) is 43.1 Å². The maximum absolute atomic E-state index is 4.77. The molecule has 19 heavy (non-hydrogen) atoms. The van der Waals surface area contributed by atoms with Gasteiger partial charge in [0.1, 0.15) is 0 Å². The molecule has 1 atom stereocenters. The van der Waals surface area contributed by atoms with Gasteiger partial charge in [0.05, 0.1) is 0 Å². The van der Waals surface area contributed by atoms with Crippen LogP contribution in [-0.4, -0.2) is 9.97 Å². The zero-order valence-corrected chi connectivity index (χ0v) is 11.7. The van der Waals surface area contributed by atoms with Gasteiger partial charge < -0.3 is 0 Å². The second kappa shape index (κ2) is 5.12. The standard InChI is InChI=1S/C17H20N2/c1-3-13-6-9-16-15(10-13)11-18-17(19-16)14-7-4-12(2)5-8-14/h4-5,7-8,11,13H,3,6,9-10H2,1-2H3. The van der Waals surface area contributed by atoms with Gasteiger partial charge in [0.15, 0.2) is 5.82 Å². The van der Waals surface area contributed by atoms with Crippen LogP contribution < -0.4 is 0 Å². The Morgan fingerprint density at radius 1 is 1.21 bits per heavy atom. The van der Waals surface area contributed by atoms with Gasteiger partial charge in [-0.1, -0.05) is 43.2 Å². The largest absolute Gasteiger partial charge is 0.236 e. The molecule has 0 aliphatic heterocycles. The molecule has 1 heterocycles. The smallest absolute Gasteiger partial charge is 0.159 e. The zero-order valence-electron chi connectivity index (χ0n) is 11.7. The molecule has 0 bridgehead atoms. The number of hydrogen-bond donors (Lipinski definition) is 0. The van der Waals surface area contributed by atoms with Crippen molar-refractivity contribution in [1.82, 2.24) is 9.97 Å². The summed E-state index contributed by atoms with van der Waals surface area (Å²) >= 11 is 0. The second-order valence-electron chi connectivity index (χ2n) is 5.55. The molecule has 2 aromatic rings. The molecule has 1 aliphatic carbocycles. The van der Waals surface area contributed by atoms with E-state index in [1.54, 1.807) is 0 Å². The van der Waals surface area contributed by atoms with Crippen molar-refractivity contribution in [2.45, 2.75) is 39.5 Å². The predicted octanol–water partition coefficient (Wildman–Crippen LogP) is 3.97. The van der Waals surface area contributed by atoms with Crippen molar-refractivity contribution in [2.75, 3.05) is 0 Å². The summed E-state index contributed by atoms with van der Waals surface area (Å²) in [6, 6.07) is 8.44. The highest BCUT2D eigenvalue weighted by Crippen LogP contribution is 2.27. The number of benzene rings is 1. The monoisotopic (exact) mass is 252 g/mol. The Hall–Kier alpha value is -1.70. The van der Waals surface area contributed by atoms with Crippen molar-refractivity contribution >= 4 is 0 Å². The van der Waals surface area contributed by atoms with Gasteiger partial charge in [-0.25, -0.2) is 9.97 Å². The minimum Gasteiger partial charge on any atom is -0.236 e. The van der Waals surface area contributed by atoms with Crippen LogP contribution in [0, 0.1) is 12.8 Å². The van der Waals surface area contributed by atoms with Crippen molar-refractivity contribution < 1.29 is 0 Å². The van der Waals surface area contributed by atoms with Gasteiger partial charge in [0, 0.05) is 17.5 Å². The first kappa shape index (κ1) is 12.3. The average Bonchev–Trinajstić information content (AvgIpc) is 2.47. The first-order valence-electron chi connectivity index (χ1n) is 7.18. The number of aryl methyl sites for hydroxylation is 2. The third kappa shape index (κ3) is 2.53. The summed E-state index contributed by atoms with van der Waals surface area (Å²) in [4.78, 5) is 9.32. The normalized spacial score (nSPS) is 18.1. The maximum Gasteiger partial charge on any atom is 0.159 e. The molecule has 1 aliphatic rings. The van der Waals surface area contributed by atoms with Crippen LogP contribution in [0.1, 0.15) is 36.6 Å². The Labute approximate surface area is 114 Å². The van der Waals surface area contributed by atoms with E-state index >= 15 is 0 Å². The van der Waals surface area contributed by atoms with Crippen molar-refractivity contribution in [2.24, 2.45) is 5.92 Å². The maximum atomic E-state index is 4.77. The third-order valence-electron chi connectivity index (χ3n) is 4.14. The lowest BCUT2D eigenvalue weighted by atomic mass is 9.86. The summed E-state index contributed by atoms with van der Waals surface area (Å²) < 4.78 is 0. The lowest BCUT2D eigenvalue weighted by Gasteiger charge is -2.22. The molecule has 0 spiro atoms. The van der Waals surface area contributed by atoms with Crippen LogP contribution in [0.5, 0.6) is 0 Å². The van der Waals surface area contributed by atoms with Crippen LogP contribution in [0.15, 0.2) is 30.5 Å². The quantitative estimate of drug-likeness (QED) is 0.808. The summed E-state index contributed by atoms with van der Waals surface area (Å²) in [6.07, 6.45) is 6.83. The lowest BCUT2D eigenvalue weighted by molar-refractivity contribution is 0.439. The highest BCUT2D eigenvalue weighted by Gasteiger charge is 2.19. The van der Waals surface area contributed by atoms with Gasteiger partial charge in [0.25, 0.3) is 0 Å². The van der Waals surface area contributed by atoms with Crippen LogP contribution >= 0.6 is 0 Å². The third-order valence-corrected chi connectivity index (χ3v) is 4.14. The van der Waals surface area contributed by atoms with E-state index in [1.165, 1.54) is 29.7 Å². The molecule has 1 aromatic heterocycles. The predicted molar refractivity (Wildman–Crippen MR) is 78.0 cm³/mol. The molecule has 0 fully saturated rings. The summed E-state index contributed by atoms with van der Waals surface area (Å²) in [6.45, 7) is 4.37. The first-order valence-corrected chi connectivity index (χ1v) is 7.18. The molecule has 2 nitrogen and oxygen atoms in total. The van der Waals surface area contributed by atoms with Gasteiger partial charge in [-0.2, -0.15) is 0 Å². The van der Waals surface area contributed by atoms with Crippen molar-refractivity contribution in [3.8, 4) is 11.4 Å². The molecule has 0 radical (unpaired) electrons. The molecule has 3 rings (SSSR count). The molecule has 98 valence electrons. The molecule has 0 saturated carbocycles. The van der Waals surface area contributed by atoms with E-state index in [-0.39, 0.29) is 0 Å². The van der Waals surface area contributed by atoms with Crippen LogP contribution in [0.25, 0.3) is 11.4 Å². The molecule has 0 amide bonds. The minimum absolute atomic E-state index is 0.821. The summed E-state index contributed by atoms with van der Waals surface area (Å²) in [5.74, 6) is 1.69. The Morgan fingerprint density at radius 3 is 2.74 bits per heavy atom. The average molecular weight is 252 g/mol. The lowest BCUT2D eigenvalue weighted by Crippen LogP contribution is -2.15. The summed E-state index contributed by atoms with van der Waals surface area (Å²) in [7, 11) is 0. The van der Waals surface area contributed by atoms with Crippen molar-refractivity contribution in [1.29, 1.82) is 0 Å². The number of aromatic nitrogens is 2. The first-order chi connectivity index (χ1) is 9.26. The number of fused-ring (bicyclic) bond motifs is 1. The fourth-order valence-corrected chi connectivity index (χ4v) is 2.77. The molecule has 1 unspecified atom stereocenters. The fourth-order valence-electron chi connectivity index (χ4n) is 2.77. The van der Waals surface area contributed by atoms with E-state index in [0.717, 1.165) is 30.1 Å². The topological polar surface area (TPSA) is 25.8 Å². The van der Waals surface area contributed by atoms with Gasteiger partial charge in [-0.3, -0.25) is 0 Å². The number of rotatable bonds is 2. The van der Waals surface area contributed by atoms with E-state index in [9.17, 15) is 0 Å². The van der Waals surface area contributed by atoms with Gasteiger partial charge in [-0.15, -0.1) is 0 Å². The molecular weight excluding hydrogens is 232 g/mol. The molecule has 2 heteroatoms. The van der Waals surface area contributed by atoms with E-state index in [0.29, 0.717) is 0 Å². The Bertz CT molecular complexity index is 572. The van der Waals surface area contributed by atoms with Gasteiger partial charge >= 0.3 is 0 Å². The minimum atomic E-state index is 0.821. The second-order valence-corrected chi connectivity index (χ2v) is 5.55. The van der Waals surface area contributed by atoms with Crippen LogP contribution in [0.3, 0.4) is 0 Å². The molecule has 1 aromatic carbocycles. The SMILES string of the molecule is CCC1CCc2nc(-c3ccc(C)cc3)ncc2C1. The highest BCUT2D eigenvalue weighted by atomic mass is 14.9. The van der Waals surface area contributed by atoms with Crippen LogP contribution in [0.2, 0.25) is 0 Å². The summed E-state index contributed by atoms with van der Waals surface area (Å²) in [5, 5.41) is 0. The van der Waals surface area contributed by atoms with E-state index in [4.69, 9.17) is 4.98 Å². The van der Waals surface area contributed by atoms with E-state index < -0.39 is 0 Å². The molecule has 0 N–H and O–H groups in total. The Balaban J connectivity index is 1.92. The van der Waals surface area contributed by atoms with Crippen LogP contribution in [0.4, 0.5) is 0 Å². The van der Waals surface area contributed by atoms with Crippen molar-refractivity contribution in [3.05, 3.63) is 47.3 Å². The molecular formula is C17H20N2. The van der Waals surface area contributed by atoms with Gasteiger partial charge in [-0.05, 0) is 37.7 Å². The Kier molecular flexibility index (Phi) is 3.33. The fraction of sp³-hybridized carbons (Fsp3) is 0.412. The number of nitrogens with zero attached hydrogens (tertiary/aromatic N) is 2. The zero-order chi connectivity index (χ0) is 13.2. The van der Waals surface area contributed by atoms with Crippen molar-refractivity contribution in [3.63, 3.8) is 0 Å². The Morgan fingerprint density at radius 2 is 2.00 bits per heavy atom. The highest BCUT2D eigenvalue weighted by molar-refractivity contribution is 5.55. The van der Waals surface area contributed by atoms with Gasteiger partial charge in [0.2, 0.25) is 0 Å². The van der Waals surface area contributed by atoms with E-state index in [1.807, 2.05) is 6.20 Å². The number of hydrogen-bond acceptors (Lipinski definition) is 2. The summed E-state index contributed by atoms with van der Waals surface area (Å²) in [5.41, 5.74) is 5.00. The molecule has 0 saturated heterocycles.